The van der Waals surface area contributed by atoms with E-state index in [0.29, 0.717) is 5.78 Å². The molecule has 0 aromatic carbocycles. The molecule has 2 heteroatoms. The van der Waals surface area contributed by atoms with Crippen molar-refractivity contribution in [1.29, 1.82) is 0 Å². The molecule has 0 radical (unpaired) electrons. The number of hydrogen-bond donors (Lipinski definition) is 0. The van der Waals surface area contributed by atoms with Crippen LogP contribution >= 0.6 is 0 Å². The summed E-state index contributed by atoms with van der Waals surface area (Å²) in [4.78, 5) is 12.2. The first-order chi connectivity index (χ1) is 6.70. The van der Waals surface area contributed by atoms with E-state index in [1.54, 1.807) is 7.11 Å². The van der Waals surface area contributed by atoms with Crippen molar-refractivity contribution < 1.29 is 9.53 Å². The maximum absolute atomic E-state index is 12.2. The molecule has 1 rings (SSSR count). The van der Waals surface area contributed by atoms with Crippen molar-refractivity contribution in [2.75, 3.05) is 7.11 Å². The summed E-state index contributed by atoms with van der Waals surface area (Å²) in [6.07, 6.45) is 6.17. The fourth-order valence-corrected chi connectivity index (χ4v) is 2.55. The summed E-state index contributed by atoms with van der Waals surface area (Å²) in [5.41, 5.74) is -0.491. The van der Waals surface area contributed by atoms with Gasteiger partial charge < -0.3 is 4.74 Å². The summed E-state index contributed by atoms with van der Waals surface area (Å²) >= 11 is 0. The zero-order valence-electron chi connectivity index (χ0n) is 9.64. The van der Waals surface area contributed by atoms with E-state index in [9.17, 15) is 4.79 Å². The van der Waals surface area contributed by atoms with Gasteiger partial charge in [0.15, 0.2) is 5.78 Å². The van der Waals surface area contributed by atoms with Crippen LogP contribution in [0.15, 0.2) is 0 Å². The van der Waals surface area contributed by atoms with Crippen LogP contribution in [0.1, 0.15) is 52.4 Å². The van der Waals surface area contributed by atoms with Crippen molar-refractivity contribution in [2.45, 2.75) is 58.0 Å². The van der Waals surface area contributed by atoms with E-state index in [4.69, 9.17) is 4.74 Å². The Morgan fingerprint density at radius 1 is 1.29 bits per heavy atom. The van der Waals surface area contributed by atoms with Gasteiger partial charge in [0.25, 0.3) is 0 Å². The Morgan fingerprint density at radius 3 is 2.14 bits per heavy atom. The molecule has 0 saturated heterocycles. The third-order valence-corrected chi connectivity index (χ3v) is 3.71. The van der Waals surface area contributed by atoms with E-state index in [2.05, 4.69) is 0 Å². The highest BCUT2D eigenvalue weighted by molar-refractivity contribution is 5.89. The third-order valence-electron chi connectivity index (χ3n) is 3.71. The monoisotopic (exact) mass is 198 g/mol. The largest absolute Gasteiger partial charge is 0.370 e. The zero-order chi connectivity index (χ0) is 10.6. The lowest BCUT2D eigenvalue weighted by Gasteiger charge is -2.31. The second kappa shape index (κ2) is 4.92. The minimum Gasteiger partial charge on any atom is -0.370 e. The fraction of sp³-hybridized carbons (Fsp3) is 0.917. The number of hydrogen-bond acceptors (Lipinski definition) is 2. The quantitative estimate of drug-likeness (QED) is 0.679. The van der Waals surface area contributed by atoms with Crippen LogP contribution in [-0.2, 0) is 9.53 Å². The van der Waals surface area contributed by atoms with Gasteiger partial charge in [0.1, 0.15) is 5.60 Å². The van der Waals surface area contributed by atoms with E-state index in [0.717, 1.165) is 25.7 Å². The third kappa shape index (κ3) is 2.00. The van der Waals surface area contributed by atoms with Gasteiger partial charge in [0.2, 0.25) is 0 Å². The lowest BCUT2D eigenvalue weighted by atomic mass is 9.83. The van der Waals surface area contributed by atoms with Gasteiger partial charge >= 0.3 is 0 Å². The average molecular weight is 198 g/mol. The van der Waals surface area contributed by atoms with Crippen LogP contribution in [0.4, 0.5) is 0 Å². The Bertz CT molecular complexity index is 180. The van der Waals surface area contributed by atoms with Gasteiger partial charge in [-0.1, -0.05) is 26.7 Å². The molecule has 0 heterocycles. The van der Waals surface area contributed by atoms with Crippen LogP contribution in [0, 0.1) is 5.92 Å². The molecular weight excluding hydrogens is 176 g/mol. The lowest BCUT2D eigenvalue weighted by molar-refractivity contribution is -0.146. The molecule has 0 aromatic heterocycles. The van der Waals surface area contributed by atoms with Gasteiger partial charge in [0.05, 0.1) is 0 Å². The van der Waals surface area contributed by atoms with Crippen LogP contribution < -0.4 is 0 Å². The molecule has 2 nitrogen and oxygen atoms in total. The van der Waals surface area contributed by atoms with Gasteiger partial charge in [-0.15, -0.1) is 0 Å². The fourth-order valence-electron chi connectivity index (χ4n) is 2.55. The molecule has 0 amide bonds. The van der Waals surface area contributed by atoms with Crippen LogP contribution in [0.2, 0.25) is 0 Å². The minimum atomic E-state index is -0.491. The SMILES string of the molecule is CCC(CC)(OC)C(=O)C1CCCC1. The Kier molecular flexibility index (Phi) is 4.11. The van der Waals surface area contributed by atoms with Crippen LogP contribution in [-0.4, -0.2) is 18.5 Å². The summed E-state index contributed by atoms with van der Waals surface area (Å²) in [5.74, 6) is 0.623. The Hall–Kier alpha value is -0.370. The van der Waals surface area contributed by atoms with Crippen molar-refractivity contribution in [1.82, 2.24) is 0 Å². The summed E-state index contributed by atoms with van der Waals surface area (Å²) in [7, 11) is 1.67. The maximum atomic E-state index is 12.2. The molecule has 82 valence electrons. The van der Waals surface area contributed by atoms with Gasteiger partial charge in [-0.3, -0.25) is 4.79 Å². The first-order valence-electron chi connectivity index (χ1n) is 5.79. The summed E-state index contributed by atoms with van der Waals surface area (Å²) in [6.45, 7) is 4.08. The Labute approximate surface area is 87.0 Å². The number of carbonyl (C=O) groups is 1. The highest BCUT2D eigenvalue weighted by atomic mass is 16.5. The summed E-state index contributed by atoms with van der Waals surface area (Å²) in [5, 5.41) is 0. The molecule has 1 fully saturated rings. The molecule has 0 atom stereocenters. The van der Waals surface area contributed by atoms with Crippen molar-refractivity contribution in [3.8, 4) is 0 Å². The number of rotatable bonds is 5. The van der Waals surface area contributed by atoms with Gasteiger partial charge in [-0.25, -0.2) is 0 Å². The van der Waals surface area contributed by atoms with Crippen molar-refractivity contribution in [3.63, 3.8) is 0 Å². The maximum Gasteiger partial charge on any atom is 0.167 e. The van der Waals surface area contributed by atoms with E-state index in [1.807, 2.05) is 13.8 Å². The Morgan fingerprint density at radius 2 is 1.79 bits per heavy atom. The van der Waals surface area contributed by atoms with E-state index < -0.39 is 5.60 Å². The predicted molar refractivity (Wildman–Crippen MR) is 57.3 cm³/mol. The highest BCUT2D eigenvalue weighted by Gasteiger charge is 2.39. The second-order valence-electron chi connectivity index (χ2n) is 4.25. The van der Waals surface area contributed by atoms with Gasteiger partial charge in [-0.2, -0.15) is 0 Å². The number of ether oxygens (including phenoxy) is 1. The summed E-state index contributed by atoms with van der Waals surface area (Å²) in [6, 6.07) is 0. The first kappa shape index (κ1) is 11.7. The predicted octanol–water partition coefficient (Wildman–Crippen LogP) is 2.95. The first-order valence-corrected chi connectivity index (χ1v) is 5.79. The highest BCUT2D eigenvalue weighted by Crippen LogP contribution is 2.33. The normalized spacial score (nSPS) is 18.8. The van der Waals surface area contributed by atoms with E-state index in [-0.39, 0.29) is 5.92 Å². The molecule has 0 bridgehead atoms. The number of ketones is 1. The van der Waals surface area contributed by atoms with Crippen molar-refractivity contribution >= 4 is 5.78 Å². The molecule has 1 aliphatic rings. The van der Waals surface area contributed by atoms with Crippen LogP contribution in [0.5, 0.6) is 0 Å². The molecule has 0 N–H and O–H groups in total. The lowest BCUT2D eigenvalue weighted by Crippen LogP contribution is -2.42. The molecule has 0 unspecified atom stereocenters. The molecule has 0 aliphatic heterocycles. The van der Waals surface area contributed by atoms with Crippen LogP contribution in [0.3, 0.4) is 0 Å². The Balaban J connectivity index is 2.71. The number of methoxy groups -OCH3 is 1. The minimum absolute atomic E-state index is 0.273. The second-order valence-corrected chi connectivity index (χ2v) is 4.25. The molecular formula is C12H22O2. The number of Topliss-reactive ketones (excluding diaryl/α,β-unsaturated/α-hetero) is 1. The zero-order valence-corrected chi connectivity index (χ0v) is 9.64. The molecule has 1 aliphatic carbocycles. The van der Waals surface area contributed by atoms with Gasteiger partial charge in [-0.05, 0) is 25.7 Å². The standard InChI is InChI=1S/C12H22O2/c1-4-12(5-2,14-3)11(13)10-8-6-7-9-10/h10H,4-9H2,1-3H3. The molecule has 1 saturated carbocycles. The summed E-state index contributed by atoms with van der Waals surface area (Å²) < 4.78 is 5.46. The molecule has 14 heavy (non-hydrogen) atoms. The van der Waals surface area contributed by atoms with Crippen LogP contribution in [0.25, 0.3) is 0 Å². The molecule has 0 spiro atoms. The smallest absolute Gasteiger partial charge is 0.167 e. The van der Waals surface area contributed by atoms with E-state index >= 15 is 0 Å². The topological polar surface area (TPSA) is 26.3 Å². The van der Waals surface area contributed by atoms with Crippen molar-refractivity contribution in [2.24, 2.45) is 5.92 Å². The number of carbonyl (C=O) groups excluding carboxylic acids is 1. The average Bonchev–Trinajstić information content (AvgIpc) is 2.74. The van der Waals surface area contributed by atoms with Crippen molar-refractivity contribution in [3.05, 3.63) is 0 Å². The van der Waals surface area contributed by atoms with Gasteiger partial charge in [0, 0.05) is 13.0 Å². The van der Waals surface area contributed by atoms with E-state index in [1.165, 1.54) is 12.8 Å². The molecule has 0 aromatic rings.